The Kier molecular flexibility index (Phi) is 7.26. The summed E-state index contributed by atoms with van der Waals surface area (Å²) in [6.45, 7) is 3.37. The van der Waals surface area contributed by atoms with Gasteiger partial charge in [0, 0.05) is 12.6 Å². The van der Waals surface area contributed by atoms with Crippen LogP contribution in [0.15, 0.2) is 48.5 Å². The minimum atomic E-state index is -0.407. The number of para-hydroxylation sites is 1. The molecule has 0 saturated carbocycles. The van der Waals surface area contributed by atoms with E-state index in [2.05, 4.69) is 6.92 Å². The number of hydrogen-bond acceptors (Lipinski definition) is 3. The van der Waals surface area contributed by atoms with Gasteiger partial charge in [-0.2, -0.15) is 0 Å². The molecule has 1 amide bonds. The highest BCUT2D eigenvalue weighted by Gasteiger charge is 2.12. The summed E-state index contributed by atoms with van der Waals surface area (Å²) < 4.78 is 24.4. The minimum Gasteiger partial charge on any atom is -0.494 e. The third-order valence-electron chi connectivity index (χ3n) is 3.74. The Balaban J connectivity index is 1.82. The van der Waals surface area contributed by atoms with E-state index in [-0.39, 0.29) is 18.3 Å². The molecule has 2 aromatic rings. The molecular weight excluding hydrogens is 321 g/mol. The largest absolute Gasteiger partial charge is 0.494 e. The first-order valence-electron chi connectivity index (χ1n) is 8.47. The third kappa shape index (κ3) is 5.78. The zero-order valence-corrected chi connectivity index (χ0v) is 14.7. The van der Waals surface area contributed by atoms with Crippen molar-refractivity contribution < 1.29 is 18.7 Å². The lowest BCUT2D eigenvalue weighted by molar-refractivity contribution is 0.0773. The van der Waals surface area contributed by atoms with E-state index in [1.165, 1.54) is 6.07 Å². The van der Waals surface area contributed by atoms with E-state index in [4.69, 9.17) is 9.47 Å². The quantitative estimate of drug-likeness (QED) is 0.641. The van der Waals surface area contributed by atoms with Crippen LogP contribution < -0.4 is 9.47 Å². The van der Waals surface area contributed by atoms with Crippen LogP contribution in [0.1, 0.15) is 30.1 Å². The van der Waals surface area contributed by atoms with E-state index in [1.54, 1.807) is 54.4 Å². The van der Waals surface area contributed by atoms with E-state index in [0.29, 0.717) is 18.7 Å². The van der Waals surface area contributed by atoms with E-state index in [9.17, 15) is 9.18 Å². The average Bonchev–Trinajstić information content (AvgIpc) is 2.63. The summed E-state index contributed by atoms with van der Waals surface area (Å²) >= 11 is 0. The van der Waals surface area contributed by atoms with Crippen molar-refractivity contribution in [3.05, 3.63) is 59.9 Å². The number of rotatable bonds is 9. The summed E-state index contributed by atoms with van der Waals surface area (Å²) in [4.78, 5) is 13.9. The molecule has 134 valence electrons. The van der Waals surface area contributed by atoms with E-state index in [1.807, 2.05) is 0 Å². The van der Waals surface area contributed by atoms with Gasteiger partial charge in [0.05, 0.1) is 13.2 Å². The van der Waals surface area contributed by atoms with Crippen molar-refractivity contribution in [1.82, 2.24) is 4.90 Å². The molecule has 0 aliphatic heterocycles. The van der Waals surface area contributed by atoms with Gasteiger partial charge in [-0.1, -0.05) is 25.5 Å². The maximum Gasteiger partial charge on any atom is 0.253 e. The Bertz CT molecular complexity index is 673. The SMILES string of the molecule is CCCCOc1ccc(C(=O)N(C)CCOc2ccccc2F)cc1. The van der Waals surface area contributed by atoms with Crippen LogP contribution in [0.25, 0.3) is 0 Å². The zero-order valence-electron chi connectivity index (χ0n) is 14.7. The summed E-state index contributed by atoms with van der Waals surface area (Å²) in [6.07, 6.45) is 2.09. The number of amides is 1. The van der Waals surface area contributed by atoms with Crippen LogP contribution in [0, 0.1) is 5.82 Å². The Morgan fingerprint density at radius 1 is 1.04 bits per heavy atom. The molecule has 4 nitrogen and oxygen atoms in total. The van der Waals surface area contributed by atoms with Crippen LogP contribution in [0.5, 0.6) is 11.5 Å². The molecule has 0 fully saturated rings. The Hall–Kier alpha value is -2.56. The Morgan fingerprint density at radius 2 is 1.76 bits per heavy atom. The summed E-state index contributed by atoms with van der Waals surface area (Å²) in [5.74, 6) is 0.430. The molecule has 0 bridgehead atoms. The molecule has 0 saturated heterocycles. The summed E-state index contributed by atoms with van der Waals surface area (Å²) in [7, 11) is 1.69. The van der Waals surface area contributed by atoms with E-state index in [0.717, 1.165) is 18.6 Å². The fraction of sp³-hybridized carbons (Fsp3) is 0.350. The van der Waals surface area contributed by atoms with Crippen molar-refractivity contribution in [2.75, 3.05) is 26.8 Å². The fourth-order valence-electron chi connectivity index (χ4n) is 2.20. The maximum absolute atomic E-state index is 13.5. The number of carbonyl (C=O) groups is 1. The van der Waals surface area contributed by atoms with Gasteiger partial charge in [0.15, 0.2) is 11.6 Å². The molecular formula is C20H24FNO3. The van der Waals surface area contributed by atoms with Crippen LogP contribution in [0.2, 0.25) is 0 Å². The van der Waals surface area contributed by atoms with Crippen LogP contribution in [-0.2, 0) is 0 Å². The average molecular weight is 345 g/mol. The molecule has 2 rings (SSSR count). The standard InChI is InChI=1S/C20H24FNO3/c1-3-4-14-24-17-11-9-16(10-12-17)20(23)22(2)13-15-25-19-8-6-5-7-18(19)21/h5-12H,3-4,13-15H2,1-2H3. The Labute approximate surface area is 148 Å². The van der Waals surface area contributed by atoms with Crippen LogP contribution in [-0.4, -0.2) is 37.6 Å². The predicted molar refractivity (Wildman–Crippen MR) is 95.7 cm³/mol. The van der Waals surface area contributed by atoms with Crippen molar-refractivity contribution in [2.24, 2.45) is 0 Å². The first-order valence-corrected chi connectivity index (χ1v) is 8.47. The van der Waals surface area contributed by atoms with Crippen LogP contribution in [0.3, 0.4) is 0 Å². The maximum atomic E-state index is 13.5. The number of unbranched alkanes of at least 4 members (excludes halogenated alkanes) is 1. The Morgan fingerprint density at radius 3 is 2.44 bits per heavy atom. The second-order valence-corrected chi connectivity index (χ2v) is 5.73. The van der Waals surface area contributed by atoms with E-state index >= 15 is 0 Å². The molecule has 0 atom stereocenters. The topological polar surface area (TPSA) is 38.8 Å². The van der Waals surface area contributed by atoms with Gasteiger partial charge in [-0.3, -0.25) is 4.79 Å². The smallest absolute Gasteiger partial charge is 0.253 e. The molecule has 0 aliphatic rings. The zero-order chi connectivity index (χ0) is 18.1. The van der Waals surface area contributed by atoms with Crippen molar-refractivity contribution in [2.45, 2.75) is 19.8 Å². The van der Waals surface area contributed by atoms with Gasteiger partial charge in [0.25, 0.3) is 5.91 Å². The summed E-state index contributed by atoms with van der Waals surface area (Å²) in [5, 5.41) is 0. The summed E-state index contributed by atoms with van der Waals surface area (Å²) in [6, 6.07) is 13.3. The lowest BCUT2D eigenvalue weighted by atomic mass is 10.2. The first kappa shape index (κ1) is 18.8. The van der Waals surface area contributed by atoms with Crippen molar-refractivity contribution in [3.8, 4) is 11.5 Å². The van der Waals surface area contributed by atoms with Crippen LogP contribution >= 0.6 is 0 Å². The van der Waals surface area contributed by atoms with Gasteiger partial charge in [0.2, 0.25) is 0 Å². The summed E-state index contributed by atoms with van der Waals surface area (Å²) in [5.41, 5.74) is 0.580. The minimum absolute atomic E-state index is 0.114. The number of likely N-dealkylation sites (N-methyl/N-ethyl adjacent to an activating group) is 1. The van der Waals surface area contributed by atoms with Crippen LogP contribution in [0.4, 0.5) is 4.39 Å². The van der Waals surface area contributed by atoms with Gasteiger partial charge in [-0.05, 0) is 42.8 Å². The number of benzene rings is 2. The first-order chi connectivity index (χ1) is 12.1. The monoisotopic (exact) mass is 345 g/mol. The van der Waals surface area contributed by atoms with Gasteiger partial charge >= 0.3 is 0 Å². The lowest BCUT2D eigenvalue weighted by Gasteiger charge is -2.18. The molecule has 0 radical (unpaired) electrons. The normalized spacial score (nSPS) is 10.4. The molecule has 0 N–H and O–H groups in total. The van der Waals surface area contributed by atoms with Crippen molar-refractivity contribution in [1.29, 1.82) is 0 Å². The lowest BCUT2D eigenvalue weighted by Crippen LogP contribution is -2.30. The van der Waals surface area contributed by atoms with Crippen molar-refractivity contribution in [3.63, 3.8) is 0 Å². The van der Waals surface area contributed by atoms with Gasteiger partial charge < -0.3 is 14.4 Å². The molecule has 0 unspecified atom stereocenters. The molecule has 0 aromatic heterocycles. The number of nitrogens with zero attached hydrogens (tertiary/aromatic N) is 1. The highest BCUT2D eigenvalue weighted by Crippen LogP contribution is 2.16. The molecule has 0 heterocycles. The highest BCUT2D eigenvalue weighted by atomic mass is 19.1. The molecule has 5 heteroatoms. The van der Waals surface area contributed by atoms with E-state index < -0.39 is 5.82 Å². The highest BCUT2D eigenvalue weighted by molar-refractivity contribution is 5.94. The number of ether oxygens (including phenoxy) is 2. The molecule has 0 spiro atoms. The number of carbonyl (C=O) groups excluding carboxylic acids is 1. The fourth-order valence-corrected chi connectivity index (χ4v) is 2.20. The van der Waals surface area contributed by atoms with Gasteiger partial charge in [0.1, 0.15) is 12.4 Å². The second-order valence-electron chi connectivity index (χ2n) is 5.73. The number of hydrogen-bond donors (Lipinski definition) is 0. The van der Waals surface area contributed by atoms with Gasteiger partial charge in [-0.25, -0.2) is 4.39 Å². The van der Waals surface area contributed by atoms with Crippen molar-refractivity contribution >= 4 is 5.91 Å². The molecule has 25 heavy (non-hydrogen) atoms. The molecule has 0 aliphatic carbocycles. The third-order valence-corrected chi connectivity index (χ3v) is 3.74. The second kappa shape index (κ2) is 9.67. The predicted octanol–water partition coefficient (Wildman–Crippen LogP) is 4.16. The molecule has 2 aromatic carbocycles. The van der Waals surface area contributed by atoms with Gasteiger partial charge in [-0.15, -0.1) is 0 Å². The number of halogens is 1.